The third-order valence-electron chi connectivity index (χ3n) is 3.32. The van der Waals surface area contributed by atoms with Crippen molar-refractivity contribution >= 4 is 17.6 Å². The van der Waals surface area contributed by atoms with E-state index in [0.29, 0.717) is 11.2 Å². The van der Waals surface area contributed by atoms with Gasteiger partial charge in [0.05, 0.1) is 12.7 Å². The maximum Gasteiger partial charge on any atom is 0.358 e. The lowest BCUT2D eigenvalue weighted by atomic mass is 10.1. The van der Waals surface area contributed by atoms with E-state index in [4.69, 9.17) is 4.74 Å². The first-order chi connectivity index (χ1) is 11.2. The van der Waals surface area contributed by atoms with Crippen molar-refractivity contribution in [1.29, 1.82) is 0 Å². The van der Waals surface area contributed by atoms with Crippen LogP contribution in [0.15, 0.2) is 54.9 Å². The molecule has 0 aliphatic carbocycles. The molecule has 0 fully saturated rings. The van der Waals surface area contributed by atoms with Gasteiger partial charge in [-0.3, -0.25) is 0 Å². The Hall–Kier alpha value is -3.15. The predicted octanol–water partition coefficient (Wildman–Crippen LogP) is 2.48. The van der Waals surface area contributed by atoms with Gasteiger partial charge in [-0.25, -0.2) is 14.6 Å². The van der Waals surface area contributed by atoms with E-state index < -0.39 is 11.9 Å². The van der Waals surface area contributed by atoms with E-state index in [9.17, 15) is 9.59 Å². The molecule has 1 aromatic carbocycles. The van der Waals surface area contributed by atoms with Crippen LogP contribution in [0.1, 0.15) is 26.4 Å². The summed E-state index contributed by atoms with van der Waals surface area (Å²) in [7, 11) is 1.33. The second-order valence-electron chi connectivity index (χ2n) is 4.86. The Kier molecular flexibility index (Phi) is 4.05. The van der Waals surface area contributed by atoms with Crippen LogP contribution in [0.5, 0.6) is 0 Å². The topological polar surface area (TPSA) is 69.9 Å². The minimum Gasteiger partial charge on any atom is -0.465 e. The van der Waals surface area contributed by atoms with E-state index in [1.54, 1.807) is 34.9 Å². The average molecular weight is 310 g/mol. The first kappa shape index (κ1) is 14.8. The molecule has 0 saturated carbocycles. The van der Waals surface area contributed by atoms with E-state index in [0.717, 1.165) is 5.56 Å². The van der Waals surface area contributed by atoms with Gasteiger partial charge in [0.2, 0.25) is 0 Å². The Morgan fingerprint density at radius 2 is 1.87 bits per heavy atom. The van der Waals surface area contributed by atoms with Crippen LogP contribution < -0.4 is 0 Å². The molecule has 116 valence electrons. The molecule has 23 heavy (non-hydrogen) atoms. The number of aromatic nitrogens is 2. The Morgan fingerprint density at radius 3 is 2.57 bits per heavy atom. The minimum absolute atomic E-state index is 0.105. The summed E-state index contributed by atoms with van der Waals surface area (Å²) in [5, 5.41) is 0. The second-order valence-corrected chi connectivity index (χ2v) is 4.86. The number of fused-ring (bicyclic) bond motifs is 1. The summed E-state index contributed by atoms with van der Waals surface area (Å²) in [6.45, 7) is 0.105. The van der Waals surface area contributed by atoms with E-state index >= 15 is 0 Å². The van der Waals surface area contributed by atoms with E-state index in [1.165, 1.54) is 7.11 Å². The SMILES string of the molecule is COC(=O)c1ccc(COC(=O)c2cn3ccccc3n2)cc1. The molecule has 0 bridgehead atoms. The molecule has 6 nitrogen and oxygen atoms in total. The number of carbonyl (C=O) groups is 2. The van der Waals surface area contributed by atoms with Crippen LogP contribution in [-0.4, -0.2) is 28.4 Å². The van der Waals surface area contributed by atoms with Crippen molar-refractivity contribution in [1.82, 2.24) is 9.38 Å². The molecular formula is C17H14N2O4. The number of carbonyl (C=O) groups excluding carboxylic acids is 2. The van der Waals surface area contributed by atoms with Crippen molar-refractivity contribution < 1.29 is 19.1 Å². The van der Waals surface area contributed by atoms with Crippen LogP contribution in [0, 0.1) is 0 Å². The molecule has 0 atom stereocenters. The summed E-state index contributed by atoms with van der Waals surface area (Å²) in [5.41, 5.74) is 2.15. The highest BCUT2D eigenvalue weighted by Crippen LogP contribution is 2.10. The summed E-state index contributed by atoms with van der Waals surface area (Å²) in [6, 6.07) is 12.2. The molecule has 0 spiro atoms. The van der Waals surface area contributed by atoms with Gasteiger partial charge < -0.3 is 13.9 Å². The molecule has 0 aliphatic heterocycles. The fraction of sp³-hybridized carbons (Fsp3) is 0.118. The van der Waals surface area contributed by atoms with Crippen molar-refractivity contribution in [3.8, 4) is 0 Å². The highest BCUT2D eigenvalue weighted by Gasteiger charge is 2.12. The summed E-state index contributed by atoms with van der Waals surface area (Å²) >= 11 is 0. The predicted molar refractivity (Wildman–Crippen MR) is 82.1 cm³/mol. The lowest BCUT2D eigenvalue weighted by Gasteiger charge is -2.04. The van der Waals surface area contributed by atoms with E-state index in [1.807, 2.05) is 24.4 Å². The summed E-state index contributed by atoms with van der Waals surface area (Å²) in [4.78, 5) is 27.6. The lowest BCUT2D eigenvalue weighted by molar-refractivity contribution is 0.0465. The van der Waals surface area contributed by atoms with Gasteiger partial charge in [0.25, 0.3) is 0 Å². The van der Waals surface area contributed by atoms with Gasteiger partial charge in [0.15, 0.2) is 5.69 Å². The summed E-state index contributed by atoms with van der Waals surface area (Å²) in [5.74, 6) is -0.899. The van der Waals surface area contributed by atoms with Gasteiger partial charge in [-0.05, 0) is 29.8 Å². The zero-order valence-electron chi connectivity index (χ0n) is 12.4. The number of rotatable bonds is 4. The normalized spacial score (nSPS) is 10.5. The van der Waals surface area contributed by atoms with Crippen molar-refractivity contribution in [2.45, 2.75) is 6.61 Å². The van der Waals surface area contributed by atoms with Gasteiger partial charge in [-0.15, -0.1) is 0 Å². The standard InChI is InChI=1S/C17H14N2O4/c1-22-16(20)13-7-5-12(6-8-13)11-23-17(21)14-10-19-9-3-2-4-15(19)18-14/h2-10H,11H2,1H3. The van der Waals surface area contributed by atoms with Crippen molar-refractivity contribution in [3.63, 3.8) is 0 Å². The third kappa shape index (κ3) is 3.21. The van der Waals surface area contributed by atoms with Gasteiger partial charge in [0.1, 0.15) is 12.3 Å². The molecule has 0 saturated heterocycles. The van der Waals surface area contributed by atoms with Crippen LogP contribution in [0.25, 0.3) is 5.65 Å². The highest BCUT2D eigenvalue weighted by molar-refractivity contribution is 5.89. The van der Waals surface area contributed by atoms with Gasteiger partial charge in [-0.1, -0.05) is 18.2 Å². The summed E-state index contributed by atoms with van der Waals surface area (Å²) in [6.07, 6.45) is 3.43. The van der Waals surface area contributed by atoms with E-state index in [-0.39, 0.29) is 12.3 Å². The lowest BCUT2D eigenvalue weighted by Crippen LogP contribution is -2.06. The molecule has 0 N–H and O–H groups in total. The largest absolute Gasteiger partial charge is 0.465 e. The van der Waals surface area contributed by atoms with Gasteiger partial charge in [-0.2, -0.15) is 0 Å². The Morgan fingerprint density at radius 1 is 1.09 bits per heavy atom. The zero-order valence-corrected chi connectivity index (χ0v) is 12.4. The number of hydrogen-bond acceptors (Lipinski definition) is 5. The summed E-state index contributed by atoms with van der Waals surface area (Å²) < 4.78 is 11.6. The molecule has 0 aliphatic rings. The number of imidazole rings is 1. The minimum atomic E-state index is -0.495. The average Bonchev–Trinajstić information content (AvgIpc) is 3.03. The Labute approximate surface area is 132 Å². The number of esters is 2. The number of nitrogens with zero attached hydrogens (tertiary/aromatic N) is 2. The molecular weight excluding hydrogens is 296 g/mol. The van der Waals surface area contributed by atoms with Gasteiger partial charge >= 0.3 is 11.9 Å². The van der Waals surface area contributed by atoms with Crippen LogP contribution in [-0.2, 0) is 16.1 Å². The zero-order chi connectivity index (χ0) is 16.2. The van der Waals surface area contributed by atoms with Crippen LogP contribution in [0.3, 0.4) is 0 Å². The second kappa shape index (κ2) is 6.31. The fourth-order valence-corrected chi connectivity index (χ4v) is 2.11. The van der Waals surface area contributed by atoms with Crippen LogP contribution in [0.4, 0.5) is 0 Å². The molecule has 2 aromatic heterocycles. The first-order valence-corrected chi connectivity index (χ1v) is 6.95. The maximum atomic E-state index is 12.0. The maximum absolute atomic E-state index is 12.0. The molecule has 2 heterocycles. The highest BCUT2D eigenvalue weighted by atomic mass is 16.5. The van der Waals surface area contributed by atoms with Crippen LogP contribution in [0.2, 0.25) is 0 Å². The van der Waals surface area contributed by atoms with Crippen molar-refractivity contribution in [2.75, 3.05) is 7.11 Å². The number of hydrogen-bond donors (Lipinski definition) is 0. The fourth-order valence-electron chi connectivity index (χ4n) is 2.11. The van der Waals surface area contributed by atoms with Crippen LogP contribution >= 0.6 is 0 Å². The Balaban J connectivity index is 1.65. The third-order valence-corrected chi connectivity index (χ3v) is 3.32. The smallest absolute Gasteiger partial charge is 0.358 e. The molecule has 3 rings (SSSR count). The van der Waals surface area contributed by atoms with Gasteiger partial charge in [0, 0.05) is 12.4 Å². The molecule has 0 amide bonds. The molecule has 3 aromatic rings. The van der Waals surface area contributed by atoms with Crippen molar-refractivity contribution in [2.24, 2.45) is 0 Å². The number of pyridine rings is 1. The molecule has 0 unspecified atom stereocenters. The number of methoxy groups -OCH3 is 1. The quantitative estimate of drug-likeness (QED) is 0.692. The monoisotopic (exact) mass is 310 g/mol. The molecule has 0 radical (unpaired) electrons. The van der Waals surface area contributed by atoms with E-state index in [2.05, 4.69) is 9.72 Å². The first-order valence-electron chi connectivity index (χ1n) is 6.95. The number of benzene rings is 1. The Bertz CT molecular complexity index is 819. The number of ether oxygens (including phenoxy) is 2. The molecule has 6 heteroatoms. The van der Waals surface area contributed by atoms with Crippen molar-refractivity contribution in [3.05, 3.63) is 71.7 Å².